The van der Waals surface area contributed by atoms with Crippen LogP contribution >= 0.6 is 0 Å². The molecular formula is C16H24N2O. The van der Waals surface area contributed by atoms with E-state index in [1.165, 1.54) is 5.69 Å². The number of nitrogens with one attached hydrogen (secondary N) is 1. The molecule has 2 rings (SSSR count). The Balaban J connectivity index is 1.85. The zero-order valence-corrected chi connectivity index (χ0v) is 12.1. The van der Waals surface area contributed by atoms with Crippen molar-refractivity contribution in [1.29, 1.82) is 0 Å². The first-order valence-electron chi connectivity index (χ1n) is 7.08. The largest absolute Gasteiger partial charge is 0.371 e. The summed E-state index contributed by atoms with van der Waals surface area (Å²) in [6, 6.07) is 10.8. The lowest BCUT2D eigenvalue weighted by atomic mass is 9.94. The Morgan fingerprint density at radius 1 is 1.16 bits per heavy atom. The maximum atomic E-state index is 12.0. The number of carbonyl (C=O) groups is 1. The van der Waals surface area contributed by atoms with Gasteiger partial charge in [-0.1, -0.05) is 39.0 Å². The lowest BCUT2D eigenvalue weighted by Gasteiger charge is -2.35. The number of nitrogens with zero attached hydrogens (tertiary/aromatic N) is 1. The molecule has 1 aliphatic heterocycles. The zero-order chi connectivity index (χ0) is 13.9. The zero-order valence-electron chi connectivity index (χ0n) is 12.1. The molecule has 1 aliphatic rings. The Morgan fingerprint density at radius 3 is 2.26 bits per heavy atom. The first-order chi connectivity index (χ1) is 8.97. The number of hydrogen-bond donors (Lipinski definition) is 1. The van der Waals surface area contributed by atoms with Crippen molar-refractivity contribution in [3.63, 3.8) is 0 Å². The van der Waals surface area contributed by atoms with Gasteiger partial charge in [0.2, 0.25) is 5.91 Å². The molecular weight excluding hydrogens is 236 g/mol. The minimum Gasteiger partial charge on any atom is -0.371 e. The van der Waals surface area contributed by atoms with Gasteiger partial charge in [0.25, 0.3) is 0 Å². The summed E-state index contributed by atoms with van der Waals surface area (Å²) in [5, 5.41) is 3.17. The predicted molar refractivity (Wildman–Crippen MR) is 79.3 cm³/mol. The molecule has 0 saturated carbocycles. The van der Waals surface area contributed by atoms with Gasteiger partial charge in [0.05, 0.1) is 0 Å². The summed E-state index contributed by atoms with van der Waals surface area (Å²) in [5.74, 6) is 0.158. The number of hydrogen-bond acceptors (Lipinski definition) is 2. The fourth-order valence-electron chi connectivity index (χ4n) is 2.32. The fourth-order valence-corrected chi connectivity index (χ4v) is 2.32. The summed E-state index contributed by atoms with van der Waals surface area (Å²) < 4.78 is 0. The van der Waals surface area contributed by atoms with Gasteiger partial charge in [0.1, 0.15) is 0 Å². The van der Waals surface area contributed by atoms with E-state index in [1.54, 1.807) is 0 Å². The van der Waals surface area contributed by atoms with Crippen molar-refractivity contribution in [2.45, 2.75) is 39.7 Å². The second kappa shape index (κ2) is 5.64. The van der Waals surface area contributed by atoms with Gasteiger partial charge in [-0.05, 0) is 25.0 Å². The van der Waals surface area contributed by atoms with Gasteiger partial charge in [0.15, 0.2) is 0 Å². The molecule has 19 heavy (non-hydrogen) atoms. The Hall–Kier alpha value is -1.51. The van der Waals surface area contributed by atoms with Crippen LogP contribution in [0.1, 0.15) is 33.6 Å². The minimum atomic E-state index is -0.295. The van der Waals surface area contributed by atoms with Crippen LogP contribution in [-0.4, -0.2) is 25.0 Å². The number of amides is 1. The van der Waals surface area contributed by atoms with Gasteiger partial charge in [-0.15, -0.1) is 0 Å². The monoisotopic (exact) mass is 260 g/mol. The molecule has 0 atom stereocenters. The molecule has 1 aromatic carbocycles. The van der Waals surface area contributed by atoms with Crippen molar-refractivity contribution in [3.05, 3.63) is 30.3 Å². The number of anilines is 1. The molecule has 3 nitrogen and oxygen atoms in total. The van der Waals surface area contributed by atoms with Gasteiger partial charge >= 0.3 is 0 Å². The van der Waals surface area contributed by atoms with Crippen molar-refractivity contribution < 1.29 is 4.79 Å². The van der Waals surface area contributed by atoms with Crippen LogP contribution in [0.4, 0.5) is 5.69 Å². The highest BCUT2D eigenvalue weighted by Crippen LogP contribution is 2.20. The lowest BCUT2D eigenvalue weighted by Crippen LogP contribution is -2.47. The van der Waals surface area contributed by atoms with E-state index in [0.29, 0.717) is 6.04 Å². The molecule has 0 spiro atoms. The van der Waals surface area contributed by atoms with Crippen LogP contribution in [-0.2, 0) is 4.79 Å². The molecule has 1 saturated heterocycles. The molecule has 0 unspecified atom stereocenters. The highest BCUT2D eigenvalue weighted by molar-refractivity contribution is 5.81. The molecule has 1 N–H and O–H groups in total. The van der Waals surface area contributed by atoms with Crippen LogP contribution in [0.5, 0.6) is 0 Å². The van der Waals surface area contributed by atoms with Crippen LogP contribution in [0.3, 0.4) is 0 Å². The maximum absolute atomic E-state index is 12.0. The summed E-state index contributed by atoms with van der Waals surface area (Å²) in [7, 11) is 0. The molecule has 0 radical (unpaired) electrons. The Bertz CT molecular complexity index is 414. The molecule has 0 aliphatic carbocycles. The summed E-state index contributed by atoms with van der Waals surface area (Å²) in [6.45, 7) is 7.91. The Kier molecular flexibility index (Phi) is 4.13. The molecule has 3 heteroatoms. The standard InChI is InChI=1S/C16H24N2O/c1-16(2,3)15(19)17-13-9-11-18(12-10-13)14-7-5-4-6-8-14/h4-8,13H,9-12H2,1-3H3,(H,17,19). The summed E-state index contributed by atoms with van der Waals surface area (Å²) >= 11 is 0. The average molecular weight is 260 g/mol. The van der Waals surface area contributed by atoms with Gasteiger partial charge in [0, 0.05) is 30.2 Å². The van der Waals surface area contributed by atoms with Crippen LogP contribution in [0.2, 0.25) is 0 Å². The third-order valence-electron chi connectivity index (χ3n) is 3.63. The summed E-state index contributed by atoms with van der Waals surface area (Å²) in [5.41, 5.74) is 0.986. The average Bonchev–Trinajstić information content (AvgIpc) is 2.39. The number of rotatable bonds is 2. The van der Waals surface area contributed by atoms with Crippen molar-refractivity contribution in [2.75, 3.05) is 18.0 Å². The topological polar surface area (TPSA) is 32.3 Å². The smallest absolute Gasteiger partial charge is 0.225 e. The predicted octanol–water partition coefficient (Wildman–Crippen LogP) is 2.82. The summed E-state index contributed by atoms with van der Waals surface area (Å²) in [4.78, 5) is 14.3. The van der Waals surface area contributed by atoms with Crippen molar-refractivity contribution in [2.24, 2.45) is 5.41 Å². The molecule has 0 aromatic heterocycles. The van der Waals surface area contributed by atoms with E-state index < -0.39 is 0 Å². The van der Waals surface area contributed by atoms with Crippen molar-refractivity contribution >= 4 is 11.6 Å². The quantitative estimate of drug-likeness (QED) is 0.887. The SMILES string of the molecule is CC(C)(C)C(=O)NC1CCN(c2ccccc2)CC1. The van der Waals surface area contributed by atoms with Gasteiger partial charge in [-0.25, -0.2) is 0 Å². The highest BCUT2D eigenvalue weighted by atomic mass is 16.2. The molecule has 1 heterocycles. The number of carbonyl (C=O) groups excluding carboxylic acids is 1. The molecule has 1 aromatic rings. The fraction of sp³-hybridized carbons (Fsp3) is 0.562. The van der Waals surface area contributed by atoms with E-state index in [0.717, 1.165) is 25.9 Å². The number of piperidine rings is 1. The van der Waals surface area contributed by atoms with Crippen LogP contribution in [0.25, 0.3) is 0 Å². The number of para-hydroxylation sites is 1. The minimum absolute atomic E-state index is 0.158. The van der Waals surface area contributed by atoms with E-state index in [9.17, 15) is 4.79 Å². The van der Waals surface area contributed by atoms with E-state index in [-0.39, 0.29) is 11.3 Å². The lowest BCUT2D eigenvalue weighted by molar-refractivity contribution is -0.129. The van der Waals surface area contributed by atoms with Gasteiger partial charge in [-0.3, -0.25) is 4.79 Å². The van der Waals surface area contributed by atoms with Crippen LogP contribution < -0.4 is 10.2 Å². The van der Waals surface area contributed by atoms with Crippen molar-refractivity contribution in [3.8, 4) is 0 Å². The Morgan fingerprint density at radius 2 is 1.74 bits per heavy atom. The Labute approximate surface area is 116 Å². The third kappa shape index (κ3) is 3.72. The van der Waals surface area contributed by atoms with E-state index in [4.69, 9.17) is 0 Å². The van der Waals surface area contributed by atoms with Gasteiger partial charge in [-0.2, -0.15) is 0 Å². The van der Waals surface area contributed by atoms with Crippen LogP contribution in [0.15, 0.2) is 30.3 Å². The first kappa shape index (κ1) is 13.9. The second-order valence-corrected chi connectivity index (χ2v) is 6.32. The van der Waals surface area contributed by atoms with Crippen LogP contribution in [0, 0.1) is 5.41 Å². The number of benzene rings is 1. The summed E-state index contributed by atoms with van der Waals surface area (Å²) in [6.07, 6.45) is 2.05. The molecule has 1 fully saturated rings. The van der Waals surface area contributed by atoms with E-state index in [2.05, 4.69) is 34.5 Å². The molecule has 104 valence electrons. The molecule has 0 bridgehead atoms. The second-order valence-electron chi connectivity index (χ2n) is 6.32. The molecule has 1 amide bonds. The van der Waals surface area contributed by atoms with E-state index in [1.807, 2.05) is 26.8 Å². The van der Waals surface area contributed by atoms with E-state index >= 15 is 0 Å². The normalized spacial score (nSPS) is 17.3. The van der Waals surface area contributed by atoms with Crippen molar-refractivity contribution in [1.82, 2.24) is 5.32 Å². The van der Waals surface area contributed by atoms with Gasteiger partial charge < -0.3 is 10.2 Å². The maximum Gasteiger partial charge on any atom is 0.225 e. The first-order valence-corrected chi connectivity index (χ1v) is 7.08. The third-order valence-corrected chi connectivity index (χ3v) is 3.63. The highest BCUT2D eigenvalue weighted by Gasteiger charge is 2.26.